The van der Waals surface area contributed by atoms with Gasteiger partial charge < -0.3 is 9.88 Å². The number of nitrogens with one attached hydrogen (secondary N) is 1. The van der Waals surface area contributed by atoms with Gasteiger partial charge in [0.15, 0.2) is 0 Å². The average molecular weight is 579 g/mol. The Morgan fingerprint density at radius 2 is 2.05 bits per heavy atom. The van der Waals surface area contributed by atoms with Gasteiger partial charge in [0.1, 0.15) is 11.0 Å². The van der Waals surface area contributed by atoms with E-state index in [1.807, 2.05) is 24.3 Å². The molecule has 5 rings (SSSR count). The number of halogens is 1. The maximum absolute atomic E-state index is 13.4. The predicted molar refractivity (Wildman–Crippen MR) is 152 cm³/mol. The summed E-state index contributed by atoms with van der Waals surface area (Å²) in [5, 5.41) is 13.1. The SMILES string of the molecule is CC1C=Cc2c(CN3CCC(C#N)(c4ccccn4)CC3)cc(C(=O)NC[C@H]3CCCC[C@@H]3Br)c(=O)n2C1. The number of hydrogen-bond acceptors (Lipinski definition) is 5. The number of nitrogens with zero attached hydrogens (tertiary/aromatic N) is 4. The van der Waals surface area contributed by atoms with E-state index in [1.54, 1.807) is 16.8 Å². The molecule has 0 bridgehead atoms. The van der Waals surface area contributed by atoms with Crippen molar-refractivity contribution in [3.63, 3.8) is 0 Å². The molecule has 1 unspecified atom stereocenters. The van der Waals surface area contributed by atoms with Crippen LogP contribution >= 0.6 is 15.9 Å². The van der Waals surface area contributed by atoms with Crippen molar-refractivity contribution in [2.24, 2.45) is 11.8 Å². The van der Waals surface area contributed by atoms with E-state index in [2.05, 4.69) is 50.2 Å². The first-order valence-electron chi connectivity index (χ1n) is 13.8. The van der Waals surface area contributed by atoms with Gasteiger partial charge in [-0.25, -0.2) is 0 Å². The zero-order valence-corrected chi connectivity index (χ0v) is 23.6. The number of alkyl halides is 1. The summed E-state index contributed by atoms with van der Waals surface area (Å²) in [5.41, 5.74) is 2.15. The van der Waals surface area contributed by atoms with Gasteiger partial charge in [0.2, 0.25) is 0 Å². The minimum absolute atomic E-state index is 0.214. The Labute approximate surface area is 233 Å². The molecule has 2 aliphatic heterocycles. The summed E-state index contributed by atoms with van der Waals surface area (Å²) < 4.78 is 1.78. The number of pyridine rings is 2. The molecule has 2 aromatic rings. The number of nitriles is 1. The number of fused-ring (bicyclic) bond motifs is 1. The number of hydrogen-bond donors (Lipinski definition) is 1. The molecule has 38 heavy (non-hydrogen) atoms. The summed E-state index contributed by atoms with van der Waals surface area (Å²) in [6.45, 7) is 5.36. The van der Waals surface area contributed by atoms with Crippen LogP contribution in [0.3, 0.4) is 0 Å². The number of likely N-dealkylation sites (tertiary alicyclic amines) is 1. The molecule has 2 aromatic heterocycles. The van der Waals surface area contributed by atoms with Crippen LogP contribution in [0.15, 0.2) is 41.3 Å². The third kappa shape index (κ3) is 5.50. The van der Waals surface area contributed by atoms with Crippen LogP contribution in [0.2, 0.25) is 0 Å². The molecule has 1 N–H and O–H groups in total. The molecule has 1 saturated carbocycles. The highest BCUT2D eigenvalue weighted by Gasteiger charge is 2.38. The molecule has 7 nitrogen and oxygen atoms in total. The lowest BCUT2D eigenvalue weighted by molar-refractivity contribution is 0.0942. The largest absolute Gasteiger partial charge is 0.352 e. The maximum Gasteiger partial charge on any atom is 0.263 e. The molecule has 4 heterocycles. The molecule has 0 spiro atoms. The smallest absolute Gasteiger partial charge is 0.263 e. The summed E-state index contributed by atoms with van der Waals surface area (Å²) in [7, 11) is 0. The van der Waals surface area contributed by atoms with Crippen LogP contribution in [0.4, 0.5) is 0 Å². The second-order valence-electron chi connectivity index (χ2n) is 11.2. The van der Waals surface area contributed by atoms with Crippen LogP contribution in [0.1, 0.15) is 72.8 Å². The minimum Gasteiger partial charge on any atom is -0.352 e. The molecule has 1 aliphatic carbocycles. The quantitative estimate of drug-likeness (QED) is 0.505. The third-order valence-electron chi connectivity index (χ3n) is 8.53. The first-order valence-corrected chi connectivity index (χ1v) is 14.7. The fourth-order valence-electron chi connectivity index (χ4n) is 6.13. The zero-order valence-electron chi connectivity index (χ0n) is 22.0. The van der Waals surface area contributed by atoms with Crippen molar-refractivity contribution >= 4 is 27.9 Å². The van der Waals surface area contributed by atoms with Crippen molar-refractivity contribution in [3.8, 4) is 6.07 Å². The molecule has 2 fully saturated rings. The fraction of sp³-hybridized carbons (Fsp3) is 0.533. The first kappa shape index (κ1) is 26.8. The van der Waals surface area contributed by atoms with Gasteiger partial charge in [0.05, 0.1) is 11.8 Å². The van der Waals surface area contributed by atoms with E-state index in [4.69, 9.17) is 0 Å². The van der Waals surface area contributed by atoms with E-state index < -0.39 is 5.41 Å². The summed E-state index contributed by atoms with van der Waals surface area (Å²) in [6.07, 6.45) is 11.9. The van der Waals surface area contributed by atoms with E-state index in [9.17, 15) is 14.9 Å². The first-order chi connectivity index (χ1) is 18.4. The second kappa shape index (κ2) is 11.5. The van der Waals surface area contributed by atoms with Gasteiger partial charge in [0.25, 0.3) is 11.5 Å². The van der Waals surface area contributed by atoms with Crippen LogP contribution < -0.4 is 10.9 Å². The van der Waals surface area contributed by atoms with Crippen molar-refractivity contribution in [2.75, 3.05) is 19.6 Å². The highest BCUT2D eigenvalue weighted by Crippen LogP contribution is 2.34. The Hall–Kier alpha value is -2.76. The Bertz CT molecular complexity index is 1290. The summed E-state index contributed by atoms with van der Waals surface area (Å²) in [4.78, 5) is 34.0. The van der Waals surface area contributed by atoms with Gasteiger partial charge in [-0.3, -0.25) is 19.5 Å². The van der Waals surface area contributed by atoms with Gasteiger partial charge in [-0.2, -0.15) is 5.26 Å². The van der Waals surface area contributed by atoms with Crippen molar-refractivity contribution < 1.29 is 4.79 Å². The second-order valence-corrected chi connectivity index (χ2v) is 12.4. The van der Waals surface area contributed by atoms with Gasteiger partial charge in [-0.05, 0) is 67.4 Å². The molecule has 8 heteroatoms. The lowest BCUT2D eigenvalue weighted by Crippen LogP contribution is -2.43. The molecular formula is C30H36BrN5O2. The molecule has 0 radical (unpaired) electrons. The van der Waals surface area contributed by atoms with Crippen molar-refractivity contribution in [1.29, 1.82) is 5.26 Å². The Morgan fingerprint density at radius 1 is 1.26 bits per heavy atom. The number of carbonyl (C=O) groups is 1. The van der Waals surface area contributed by atoms with Gasteiger partial charge in [-0.1, -0.05) is 47.8 Å². The summed E-state index contributed by atoms with van der Waals surface area (Å²) in [5.74, 6) is 0.340. The van der Waals surface area contributed by atoms with E-state index in [1.165, 1.54) is 12.8 Å². The summed E-state index contributed by atoms with van der Waals surface area (Å²) in [6, 6.07) is 10.1. The van der Waals surface area contributed by atoms with Crippen LogP contribution in [-0.4, -0.2) is 44.8 Å². The standard InChI is InChI=1S/C30H36BrN5O2/c1-21-9-10-26-23(19-35-14-11-30(20-32,12-15-35)27-8-4-5-13-33-27)16-24(29(38)36(26)18-21)28(37)34-17-22-6-2-3-7-25(22)31/h4-5,8-10,13,16,21-22,25H,2-3,6-7,11-12,14-15,17-19H2,1H3,(H,34,37)/t21?,22-,25+/m1/s1. The number of rotatable bonds is 6. The average Bonchev–Trinajstić information content (AvgIpc) is 2.95. The Morgan fingerprint density at radius 3 is 2.76 bits per heavy atom. The van der Waals surface area contributed by atoms with Crippen molar-refractivity contribution in [2.45, 2.75) is 68.8 Å². The van der Waals surface area contributed by atoms with Gasteiger partial charge in [0, 0.05) is 49.4 Å². The number of piperidine rings is 1. The molecular weight excluding hydrogens is 542 g/mol. The monoisotopic (exact) mass is 577 g/mol. The molecule has 3 atom stereocenters. The van der Waals surface area contributed by atoms with Crippen molar-refractivity contribution in [3.05, 3.63) is 69.4 Å². The van der Waals surface area contributed by atoms with Crippen LogP contribution in [0.25, 0.3) is 6.08 Å². The molecule has 1 amide bonds. The lowest BCUT2D eigenvalue weighted by Gasteiger charge is -2.37. The van der Waals surface area contributed by atoms with E-state index in [0.717, 1.165) is 42.9 Å². The predicted octanol–water partition coefficient (Wildman–Crippen LogP) is 4.65. The minimum atomic E-state index is -0.572. The Balaban J connectivity index is 1.35. The fourth-order valence-corrected chi connectivity index (χ4v) is 6.90. The number of carbonyl (C=O) groups excluding carboxylic acids is 1. The molecule has 1 saturated heterocycles. The number of amides is 1. The van der Waals surface area contributed by atoms with Gasteiger partial charge >= 0.3 is 0 Å². The van der Waals surface area contributed by atoms with Crippen molar-refractivity contribution in [1.82, 2.24) is 19.8 Å². The third-order valence-corrected chi connectivity index (χ3v) is 9.73. The van der Waals surface area contributed by atoms with Crippen LogP contribution in [0.5, 0.6) is 0 Å². The normalized spacial score (nSPS) is 24.8. The number of allylic oxidation sites excluding steroid dienone is 1. The highest BCUT2D eigenvalue weighted by atomic mass is 79.9. The zero-order chi connectivity index (χ0) is 26.7. The van der Waals surface area contributed by atoms with Crippen LogP contribution in [-0.2, 0) is 18.5 Å². The van der Waals surface area contributed by atoms with Gasteiger partial charge in [-0.15, -0.1) is 0 Å². The van der Waals surface area contributed by atoms with E-state index >= 15 is 0 Å². The topological polar surface area (TPSA) is 91.0 Å². The van der Waals surface area contributed by atoms with E-state index in [-0.39, 0.29) is 22.9 Å². The number of aromatic nitrogens is 2. The molecule has 3 aliphatic rings. The molecule has 200 valence electrons. The lowest BCUT2D eigenvalue weighted by atomic mass is 9.76. The molecule has 0 aromatic carbocycles. The van der Waals surface area contributed by atoms with E-state index in [0.29, 0.717) is 43.2 Å². The van der Waals surface area contributed by atoms with Crippen LogP contribution in [0, 0.1) is 23.2 Å². The summed E-state index contributed by atoms with van der Waals surface area (Å²) >= 11 is 3.77. The highest BCUT2D eigenvalue weighted by molar-refractivity contribution is 9.09. The maximum atomic E-state index is 13.4. The Kier molecular flexibility index (Phi) is 8.15.